The van der Waals surface area contributed by atoms with E-state index >= 15 is 0 Å². The van der Waals surface area contributed by atoms with Gasteiger partial charge in [0, 0.05) is 5.69 Å². The number of aromatic nitrogens is 3. The van der Waals surface area contributed by atoms with Crippen LogP contribution in [0.2, 0.25) is 0 Å². The molecule has 0 aliphatic carbocycles. The first-order chi connectivity index (χ1) is 11.7. The topological polar surface area (TPSA) is 67.5 Å². The summed E-state index contributed by atoms with van der Waals surface area (Å²) in [6, 6.07) is 16.2. The van der Waals surface area contributed by atoms with E-state index in [0.29, 0.717) is 17.6 Å². The molecule has 1 aromatic heterocycles. The summed E-state index contributed by atoms with van der Waals surface area (Å²) in [7, 11) is 0. The lowest BCUT2D eigenvalue weighted by Crippen LogP contribution is -2.24. The third-order valence-electron chi connectivity index (χ3n) is 3.76. The number of benzene rings is 2. The van der Waals surface area contributed by atoms with E-state index in [1.165, 1.54) is 11.1 Å². The summed E-state index contributed by atoms with van der Waals surface area (Å²) in [5.41, 5.74) is 4.21. The van der Waals surface area contributed by atoms with Crippen LogP contribution in [0.3, 0.4) is 0 Å². The van der Waals surface area contributed by atoms with Crippen LogP contribution >= 0.6 is 0 Å². The molecule has 0 unspecified atom stereocenters. The van der Waals surface area contributed by atoms with E-state index in [9.17, 15) is 0 Å². The lowest BCUT2D eigenvalue weighted by molar-refractivity contribution is 1.08. The molecule has 0 spiro atoms. The normalized spacial score (nSPS) is 14.6. The Bertz CT molecular complexity index is 932. The predicted octanol–water partition coefficient (Wildman–Crippen LogP) is 3.63. The quantitative estimate of drug-likeness (QED) is 0.785. The molecule has 1 N–H and O–H groups in total. The summed E-state index contributed by atoms with van der Waals surface area (Å²) in [6.45, 7) is 4.11. The zero-order chi connectivity index (χ0) is 16.5. The zero-order valence-corrected chi connectivity index (χ0v) is 13.4. The fraction of sp³-hybridized carbons (Fsp3) is 0.111. The van der Waals surface area contributed by atoms with Crippen molar-refractivity contribution < 1.29 is 0 Å². The molecule has 3 aromatic rings. The number of aryl methyl sites for hydroxylation is 2. The number of aliphatic imine (C=N–C) groups is 2. The summed E-state index contributed by atoms with van der Waals surface area (Å²) in [6.07, 6.45) is 1.62. The first kappa shape index (κ1) is 14.3. The van der Waals surface area contributed by atoms with Gasteiger partial charge in [-0.3, -0.25) is 0 Å². The summed E-state index contributed by atoms with van der Waals surface area (Å²) in [5, 5.41) is 11.2. The molecular formula is C18H16N6. The van der Waals surface area contributed by atoms with Crippen LogP contribution in [0, 0.1) is 13.8 Å². The summed E-state index contributed by atoms with van der Waals surface area (Å²) >= 11 is 0. The van der Waals surface area contributed by atoms with Gasteiger partial charge in [0.05, 0.1) is 5.69 Å². The number of nitrogens with zero attached hydrogens (tertiary/aromatic N) is 5. The van der Waals surface area contributed by atoms with Crippen LogP contribution in [0.5, 0.6) is 0 Å². The van der Waals surface area contributed by atoms with E-state index < -0.39 is 0 Å². The molecule has 118 valence electrons. The highest BCUT2D eigenvalue weighted by Gasteiger charge is 2.23. The predicted molar refractivity (Wildman–Crippen MR) is 95.6 cm³/mol. The minimum absolute atomic E-state index is 0.524. The molecule has 6 heteroatoms. The van der Waals surface area contributed by atoms with Crippen LogP contribution in [-0.2, 0) is 0 Å². The molecule has 6 nitrogen and oxygen atoms in total. The Labute approximate surface area is 139 Å². The van der Waals surface area contributed by atoms with Gasteiger partial charge in [-0.2, -0.15) is 4.99 Å². The van der Waals surface area contributed by atoms with Gasteiger partial charge in [-0.15, -0.1) is 10.2 Å². The van der Waals surface area contributed by atoms with E-state index in [1.54, 1.807) is 10.9 Å². The maximum Gasteiger partial charge on any atom is 0.258 e. The number of hydrogen-bond acceptors (Lipinski definition) is 5. The molecule has 2 heterocycles. The standard InChI is InChI=1S/C18H16N6/c1-12-3-7-14(8-4-12)20-16-17(24-11-19-23-18(24)22-16)21-15-9-5-13(2)6-10-15/h3-11H,1-2H3,(H,20,22,23). The van der Waals surface area contributed by atoms with Crippen molar-refractivity contribution >= 4 is 29.0 Å². The van der Waals surface area contributed by atoms with Gasteiger partial charge in [-0.05, 0) is 38.1 Å². The molecule has 0 atom stereocenters. The van der Waals surface area contributed by atoms with Gasteiger partial charge in [-0.1, -0.05) is 35.4 Å². The van der Waals surface area contributed by atoms with Crippen LogP contribution in [0.1, 0.15) is 11.1 Å². The Morgan fingerprint density at radius 1 is 0.917 bits per heavy atom. The highest BCUT2D eigenvalue weighted by molar-refractivity contribution is 6.48. The van der Waals surface area contributed by atoms with Crippen molar-refractivity contribution in [1.29, 1.82) is 0 Å². The minimum atomic E-state index is 0.524. The van der Waals surface area contributed by atoms with Crippen molar-refractivity contribution in [3.63, 3.8) is 0 Å². The third kappa shape index (κ3) is 2.69. The molecule has 0 amide bonds. The van der Waals surface area contributed by atoms with Crippen molar-refractivity contribution in [3.8, 4) is 0 Å². The highest BCUT2D eigenvalue weighted by atomic mass is 15.4. The molecule has 0 saturated carbocycles. The molecule has 0 fully saturated rings. The van der Waals surface area contributed by atoms with Crippen LogP contribution in [0.25, 0.3) is 0 Å². The average molecular weight is 316 g/mol. The average Bonchev–Trinajstić information content (AvgIpc) is 3.15. The smallest absolute Gasteiger partial charge is 0.258 e. The maximum atomic E-state index is 4.71. The van der Waals surface area contributed by atoms with Gasteiger partial charge in [0.15, 0.2) is 11.7 Å². The molecule has 2 aromatic carbocycles. The van der Waals surface area contributed by atoms with E-state index in [4.69, 9.17) is 4.99 Å². The van der Waals surface area contributed by atoms with Crippen molar-refractivity contribution in [2.75, 3.05) is 5.32 Å². The van der Waals surface area contributed by atoms with Gasteiger partial charge in [-0.25, -0.2) is 9.56 Å². The summed E-state index contributed by atoms with van der Waals surface area (Å²) in [5.74, 6) is 1.86. The van der Waals surface area contributed by atoms with Crippen molar-refractivity contribution in [1.82, 2.24) is 14.8 Å². The zero-order valence-electron chi connectivity index (χ0n) is 13.4. The number of fused-ring (bicyclic) bond motifs is 1. The second-order valence-electron chi connectivity index (χ2n) is 5.72. The molecule has 1 aliphatic heterocycles. The number of hydrogen-bond donors (Lipinski definition) is 1. The molecule has 1 aliphatic rings. The Morgan fingerprint density at radius 2 is 1.58 bits per heavy atom. The third-order valence-corrected chi connectivity index (χ3v) is 3.76. The van der Waals surface area contributed by atoms with Gasteiger partial charge in [0.1, 0.15) is 6.33 Å². The van der Waals surface area contributed by atoms with E-state index in [-0.39, 0.29) is 0 Å². The molecule has 0 bridgehead atoms. The van der Waals surface area contributed by atoms with Crippen molar-refractivity contribution in [2.24, 2.45) is 9.98 Å². The minimum Gasteiger partial charge on any atom is -0.337 e. The van der Waals surface area contributed by atoms with Crippen LogP contribution in [-0.4, -0.2) is 26.4 Å². The van der Waals surface area contributed by atoms with Crippen LogP contribution in [0.15, 0.2) is 64.8 Å². The van der Waals surface area contributed by atoms with Crippen LogP contribution < -0.4 is 5.32 Å². The monoisotopic (exact) mass is 316 g/mol. The molecule has 4 rings (SSSR count). The van der Waals surface area contributed by atoms with E-state index in [1.807, 2.05) is 36.4 Å². The summed E-state index contributed by atoms with van der Waals surface area (Å²) < 4.78 is 1.77. The van der Waals surface area contributed by atoms with Gasteiger partial charge < -0.3 is 5.32 Å². The lowest BCUT2D eigenvalue weighted by atomic mass is 10.2. The fourth-order valence-electron chi connectivity index (χ4n) is 2.42. The largest absolute Gasteiger partial charge is 0.337 e. The number of anilines is 1. The van der Waals surface area contributed by atoms with Gasteiger partial charge in [0.25, 0.3) is 5.95 Å². The summed E-state index contributed by atoms with van der Waals surface area (Å²) in [4.78, 5) is 9.20. The SMILES string of the molecule is Cc1ccc(N=C2C(Nc3ccc(C)cc3)=Nc3nncn32)cc1. The number of rotatable bonds is 2. The second-order valence-corrected chi connectivity index (χ2v) is 5.72. The van der Waals surface area contributed by atoms with Gasteiger partial charge >= 0.3 is 0 Å². The Hall–Kier alpha value is -3.28. The first-order valence-electron chi connectivity index (χ1n) is 7.67. The second kappa shape index (κ2) is 5.73. The van der Waals surface area contributed by atoms with Gasteiger partial charge in [0.2, 0.25) is 0 Å². The number of amidine groups is 1. The van der Waals surface area contributed by atoms with E-state index in [0.717, 1.165) is 11.4 Å². The molecule has 0 saturated heterocycles. The van der Waals surface area contributed by atoms with Crippen LogP contribution in [0.4, 0.5) is 17.3 Å². The Morgan fingerprint density at radius 3 is 2.29 bits per heavy atom. The number of nitrogens with one attached hydrogen (secondary N) is 1. The first-order valence-corrected chi connectivity index (χ1v) is 7.67. The Balaban J connectivity index is 1.71. The van der Waals surface area contributed by atoms with Crippen molar-refractivity contribution in [3.05, 3.63) is 66.0 Å². The highest BCUT2D eigenvalue weighted by Crippen LogP contribution is 2.21. The molecule has 0 radical (unpaired) electrons. The van der Waals surface area contributed by atoms with E-state index in [2.05, 4.69) is 46.5 Å². The maximum absolute atomic E-state index is 4.71. The Kier molecular flexibility index (Phi) is 3.42. The van der Waals surface area contributed by atoms with Crippen molar-refractivity contribution in [2.45, 2.75) is 13.8 Å². The molecular weight excluding hydrogens is 300 g/mol. The molecule has 24 heavy (non-hydrogen) atoms. The fourth-order valence-corrected chi connectivity index (χ4v) is 2.42. The lowest BCUT2D eigenvalue weighted by Gasteiger charge is -2.08.